The maximum absolute atomic E-state index is 12.4. The van der Waals surface area contributed by atoms with Gasteiger partial charge in [-0.2, -0.15) is 0 Å². The van der Waals surface area contributed by atoms with E-state index in [9.17, 15) is 14.4 Å². The number of esters is 1. The Kier molecular flexibility index (Phi) is 7.38. The summed E-state index contributed by atoms with van der Waals surface area (Å²) in [5.74, 6) is -0.0910. The van der Waals surface area contributed by atoms with Gasteiger partial charge < -0.3 is 14.0 Å². The minimum atomic E-state index is -0.614. The van der Waals surface area contributed by atoms with Crippen LogP contribution in [-0.2, 0) is 20.8 Å². The van der Waals surface area contributed by atoms with Crippen molar-refractivity contribution in [2.75, 3.05) is 11.9 Å². The summed E-state index contributed by atoms with van der Waals surface area (Å²) in [6.07, 6.45) is 3.18. The van der Waals surface area contributed by atoms with Crippen LogP contribution >= 0.6 is 0 Å². The molecule has 0 radical (unpaired) electrons. The molecular weight excluding hydrogens is 408 g/mol. The fraction of sp³-hybridized carbons (Fsp3) is 0.480. The normalized spacial score (nSPS) is 15.6. The first-order valence-electron chi connectivity index (χ1n) is 11.2. The Morgan fingerprint density at radius 3 is 2.66 bits per heavy atom. The number of rotatable bonds is 7. The van der Waals surface area contributed by atoms with Crippen LogP contribution in [-0.4, -0.2) is 35.1 Å². The van der Waals surface area contributed by atoms with Crippen LogP contribution in [0.5, 0.6) is 0 Å². The van der Waals surface area contributed by atoms with Crippen molar-refractivity contribution < 1.29 is 23.9 Å². The van der Waals surface area contributed by atoms with Gasteiger partial charge in [0.2, 0.25) is 0 Å². The lowest BCUT2D eigenvalue weighted by Crippen LogP contribution is -2.27. The Hall–Kier alpha value is -3.09. The molecule has 0 aliphatic carbocycles. The standard InChI is InChI=1S/C25H32N2O5/c1-5-31-22(29)13-12-17-9-8-14-27-18(16-28)15-20(23(17)27)19-10-6-7-11-21(19)26-24(30)32-25(2,3)4/h6-7,10-11,15-17H,5,8-9,12-14H2,1-4H3,(H,26,30). The Bertz CT molecular complexity index is 987. The summed E-state index contributed by atoms with van der Waals surface area (Å²) in [5.41, 5.74) is 3.34. The highest BCUT2D eigenvalue weighted by atomic mass is 16.6. The second-order valence-electron chi connectivity index (χ2n) is 8.99. The van der Waals surface area contributed by atoms with Crippen LogP contribution in [0.15, 0.2) is 30.3 Å². The van der Waals surface area contributed by atoms with Crippen molar-refractivity contribution in [2.24, 2.45) is 0 Å². The summed E-state index contributed by atoms with van der Waals surface area (Å²) >= 11 is 0. The molecule has 1 amide bonds. The molecule has 1 unspecified atom stereocenters. The van der Waals surface area contributed by atoms with Gasteiger partial charge in [-0.15, -0.1) is 0 Å². The van der Waals surface area contributed by atoms with Crippen molar-refractivity contribution in [2.45, 2.75) is 71.4 Å². The van der Waals surface area contributed by atoms with Crippen LogP contribution in [0.1, 0.15) is 75.5 Å². The second kappa shape index (κ2) is 10.0. The van der Waals surface area contributed by atoms with E-state index < -0.39 is 11.7 Å². The van der Waals surface area contributed by atoms with E-state index in [-0.39, 0.29) is 11.9 Å². The topological polar surface area (TPSA) is 86.6 Å². The first-order chi connectivity index (χ1) is 15.2. The molecule has 0 spiro atoms. The highest BCUT2D eigenvalue weighted by molar-refractivity contribution is 5.93. The number of ether oxygens (including phenoxy) is 2. The molecule has 32 heavy (non-hydrogen) atoms. The van der Waals surface area contributed by atoms with Gasteiger partial charge in [-0.1, -0.05) is 18.2 Å². The van der Waals surface area contributed by atoms with Crippen molar-refractivity contribution in [1.29, 1.82) is 0 Å². The number of hydrogen-bond donors (Lipinski definition) is 1. The van der Waals surface area contributed by atoms with Crippen molar-refractivity contribution in [1.82, 2.24) is 4.57 Å². The van der Waals surface area contributed by atoms with Gasteiger partial charge in [0.05, 0.1) is 18.0 Å². The van der Waals surface area contributed by atoms with Crippen LogP contribution in [0.4, 0.5) is 10.5 Å². The van der Waals surface area contributed by atoms with Gasteiger partial charge in [0.15, 0.2) is 6.29 Å². The molecule has 0 saturated carbocycles. The molecule has 1 aliphatic rings. The zero-order valence-corrected chi connectivity index (χ0v) is 19.3. The molecule has 0 saturated heterocycles. The molecule has 1 aromatic heterocycles. The lowest BCUT2D eigenvalue weighted by atomic mass is 9.87. The Balaban J connectivity index is 1.97. The van der Waals surface area contributed by atoms with Crippen LogP contribution in [0.25, 0.3) is 11.1 Å². The monoisotopic (exact) mass is 440 g/mol. The fourth-order valence-electron chi connectivity index (χ4n) is 4.27. The zero-order chi connectivity index (χ0) is 23.3. The second-order valence-corrected chi connectivity index (χ2v) is 8.99. The van der Waals surface area contributed by atoms with E-state index in [1.54, 1.807) is 6.92 Å². The molecular formula is C25H32N2O5. The van der Waals surface area contributed by atoms with Crippen LogP contribution < -0.4 is 5.32 Å². The molecule has 3 rings (SSSR count). The molecule has 1 aliphatic heterocycles. The van der Waals surface area contributed by atoms with Crippen molar-refractivity contribution in [3.63, 3.8) is 0 Å². The van der Waals surface area contributed by atoms with Gasteiger partial charge in [-0.05, 0) is 59.1 Å². The zero-order valence-electron chi connectivity index (χ0n) is 19.3. The smallest absolute Gasteiger partial charge is 0.412 e. The Labute approximate surface area is 189 Å². The summed E-state index contributed by atoms with van der Waals surface area (Å²) in [7, 11) is 0. The van der Waals surface area contributed by atoms with Crippen LogP contribution in [0.2, 0.25) is 0 Å². The molecule has 1 atom stereocenters. The number of hydrogen-bond acceptors (Lipinski definition) is 5. The van der Waals surface area contributed by atoms with Crippen LogP contribution in [0, 0.1) is 0 Å². The summed E-state index contributed by atoms with van der Waals surface area (Å²) in [6, 6.07) is 9.36. The lowest BCUT2D eigenvalue weighted by molar-refractivity contribution is -0.143. The van der Waals surface area contributed by atoms with Gasteiger partial charge in [0.25, 0.3) is 0 Å². The summed E-state index contributed by atoms with van der Waals surface area (Å²) < 4.78 is 12.6. The van der Waals surface area contributed by atoms with Crippen molar-refractivity contribution in [3.8, 4) is 11.1 Å². The van der Waals surface area contributed by atoms with E-state index in [1.807, 2.05) is 55.7 Å². The molecule has 2 heterocycles. The first kappa shape index (κ1) is 23.6. The number of carbonyl (C=O) groups excluding carboxylic acids is 3. The predicted molar refractivity (Wildman–Crippen MR) is 123 cm³/mol. The summed E-state index contributed by atoms with van der Waals surface area (Å²) in [6.45, 7) is 8.35. The third kappa shape index (κ3) is 5.58. The lowest BCUT2D eigenvalue weighted by Gasteiger charge is -2.27. The number of nitrogens with one attached hydrogen (secondary N) is 1. The number of para-hydroxylation sites is 1. The van der Waals surface area contributed by atoms with Gasteiger partial charge in [0.1, 0.15) is 5.60 Å². The van der Waals surface area contributed by atoms with E-state index in [4.69, 9.17) is 9.47 Å². The number of aromatic nitrogens is 1. The molecule has 172 valence electrons. The Morgan fingerprint density at radius 1 is 1.22 bits per heavy atom. The van der Waals surface area contributed by atoms with Gasteiger partial charge in [-0.3, -0.25) is 14.9 Å². The number of nitrogens with zero attached hydrogens (tertiary/aromatic N) is 1. The predicted octanol–water partition coefficient (Wildman–Crippen LogP) is 5.54. The van der Waals surface area contributed by atoms with Crippen LogP contribution in [0.3, 0.4) is 0 Å². The molecule has 1 aromatic carbocycles. The molecule has 0 bridgehead atoms. The highest BCUT2D eigenvalue weighted by Crippen LogP contribution is 2.42. The molecule has 7 heteroatoms. The summed E-state index contributed by atoms with van der Waals surface area (Å²) in [5, 5.41) is 2.85. The minimum absolute atomic E-state index is 0.117. The fourth-order valence-corrected chi connectivity index (χ4v) is 4.27. The number of amides is 1. The largest absolute Gasteiger partial charge is 0.466 e. The van der Waals surface area contributed by atoms with Crippen molar-refractivity contribution in [3.05, 3.63) is 41.7 Å². The number of fused-ring (bicyclic) bond motifs is 1. The molecule has 1 N–H and O–H groups in total. The average Bonchev–Trinajstić information content (AvgIpc) is 3.11. The maximum Gasteiger partial charge on any atom is 0.412 e. The number of aldehydes is 1. The van der Waals surface area contributed by atoms with Gasteiger partial charge in [-0.25, -0.2) is 4.79 Å². The summed E-state index contributed by atoms with van der Waals surface area (Å²) in [4.78, 5) is 36.2. The van der Waals surface area contributed by atoms with Crippen molar-refractivity contribution >= 4 is 24.0 Å². The van der Waals surface area contributed by atoms with E-state index in [0.29, 0.717) is 30.8 Å². The average molecular weight is 441 g/mol. The Morgan fingerprint density at radius 2 is 1.97 bits per heavy atom. The third-order valence-electron chi connectivity index (χ3n) is 5.47. The SMILES string of the molecule is CCOC(=O)CCC1CCCn2c(C=O)cc(-c3ccccc3NC(=O)OC(C)(C)C)c21. The number of anilines is 1. The van der Waals surface area contributed by atoms with E-state index in [0.717, 1.165) is 42.5 Å². The van der Waals surface area contributed by atoms with E-state index in [1.165, 1.54) is 0 Å². The van der Waals surface area contributed by atoms with E-state index in [2.05, 4.69) is 5.32 Å². The molecule has 7 nitrogen and oxygen atoms in total. The number of benzene rings is 1. The first-order valence-corrected chi connectivity index (χ1v) is 11.2. The number of carbonyl (C=O) groups is 3. The van der Waals surface area contributed by atoms with E-state index >= 15 is 0 Å². The minimum Gasteiger partial charge on any atom is -0.466 e. The quantitative estimate of drug-likeness (QED) is 0.451. The maximum atomic E-state index is 12.4. The highest BCUT2D eigenvalue weighted by Gasteiger charge is 2.29. The molecule has 2 aromatic rings. The van der Waals surface area contributed by atoms with Gasteiger partial charge in [0, 0.05) is 35.7 Å². The third-order valence-corrected chi connectivity index (χ3v) is 5.47. The molecule has 0 fully saturated rings. The van der Waals surface area contributed by atoms with Gasteiger partial charge >= 0.3 is 12.1 Å².